The van der Waals surface area contributed by atoms with Crippen molar-refractivity contribution in [1.82, 2.24) is 15.2 Å². The molecule has 2 N–H and O–H groups in total. The molecular weight excluding hydrogens is 462 g/mol. The molecule has 1 atom stereocenters. The highest BCUT2D eigenvalue weighted by Gasteiger charge is 2.38. The van der Waals surface area contributed by atoms with Crippen molar-refractivity contribution in [3.8, 4) is 5.75 Å². The number of benzene rings is 2. The van der Waals surface area contributed by atoms with Gasteiger partial charge in [0.1, 0.15) is 11.8 Å². The summed E-state index contributed by atoms with van der Waals surface area (Å²) in [6.45, 7) is 1.36. The summed E-state index contributed by atoms with van der Waals surface area (Å²) in [6.07, 6.45) is 1.57. The van der Waals surface area contributed by atoms with Crippen LogP contribution in [0.25, 0.3) is 0 Å². The van der Waals surface area contributed by atoms with Crippen LogP contribution in [-0.2, 0) is 24.3 Å². The Balaban J connectivity index is 1.55. The van der Waals surface area contributed by atoms with Crippen LogP contribution in [0.1, 0.15) is 35.2 Å². The van der Waals surface area contributed by atoms with Gasteiger partial charge in [-0.25, -0.2) is 8.42 Å². The fourth-order valence-corrected chi connectivity index (χ4v) is 5.13. The van der Waals surface area contributed by atoms with Gasteiger partial charge in [0, 0.05) is 12.1 Å². The number of esters is 1. The normalized spacial score (nSPS) is 16.4. The van der Waals surface area contributed by atoms with Crippen molar-refractivity contribution < 1.29 is 32.3 Å². The average Bonchev–Trinajstić information content (AvgIpc) is 2.86. The molecule has 1 aliphatic rings. The van der Waals surface area contributed by atoms with E-state index in [0.717, 1.165) is 9.87 Å². The van der Waals surface area contributed by atoms with E-state index in [2.05, 4.69) is 10.9 Å². The highest BCUT2D eigenvalue weighted by atomic mass is 32.2. The zero-order chi connectivity index (χ0) is 24.7. The molecule has 1 unspecified atom stereocenters. The number of ether oxygens (including phenoxy) is 2. The summed E-state index contributed by atoms with van der Waals surface area (Å²) in [4.78, 5) is 36.9. The van der Waals surface area contributed by atoms with Crippen molar-refractivity contribution in [3.63, 3.8) is 0 Å². The van der Waals surface area contributed by atoms with Crippen LogP contribution >= 0.6 is 0 Å². The van der Waals surface area contributed by atoms with Crippen molar-refractivity contribution in [3.05, 3.63) is 59.7 Å². The van der Waals surface area contributed by atoms with Crippen LogP contribution in [0.2, 0.25) is 0 Å². The molecule has 34 heavy (non-hydrogen) atoms. The van der Waals surface area contributed by atoms with Crippen molar-refractivity contribution in [2.45, 2.75) is 37.1 Å². The fraction of sp³-hybridized carbons (Fsp3) is 0.348. The summed E-state index contributed by atoms with van der Waals surface area (Å²) in [6, 6.07) is 11.6. The largest absolute Gasteiger partial charge is 0.497 e. The third kappa shape index (κ3) is 6.12. The Bertz CT molecular complexity index is 1130. The number of aryl methyl sites for hydroxylation is 1. The second kappa shape index (κ2) is 11.1. The van der Waals surface area contributed by atoms with E-state index in [0.29, 0.717) is 25.0 Å². The van der Waals surface area contributed by atoms with Gasteiger partial charge in [-0.15, -0.1) is 0 Å². The van der Waals surface area contributed by atoms with Crippen LogP contribution in [0.3, 0.4) is 0 Å². The molecule has 1 heterocycles. The molecule has 11 heteroatoms. The van der Waals surface area contributed by atoms with E-state index in [1.54, 1.807) is 24.3 Å². The van der Waals surface area contributed by atoms with Crippen molar-refractivity contribution in [2.75, 3.05) is 20.3 Å². The number of nitrogens with one attached hydrogen (secondary N) is 2. The van der Waals surface area contributed by atoms with Crippen LogP contribution in [0.15, 0.2) is 53.4 Å². The number of carbonyl (C=O) groups is 3. The minimum atomic E-state index is -3.90. The molecule has 182 valence electrons. The molecule has 0 aliphatic carbocycles. The number of methoxy groups -OCH3 is 1. The molecule has 0 bridgehead atoms. The lowest BCUT2D eigenvalue weighted by Crippen LogP contribution is -2.49. The molecule has 10 nitrogen and oxygen atoms in total. The van der Waals surface area contributed by atoms with Gasteiger partial charge in [-0.2, -0.15) is 4.31 Å². The van der Waals surface area contributed by atoms with E-state index < -0.39 is 40.5 Å². The number of hydrogen-bond acceptors (Lipinski definition) is 7. The first-order valence-corrected chi connectivity index (χ1v) is 12.1. The molecule has 2 aromatic rings. The maximum atomic E-state index is 13.1. The van der Waals surface area contributed by atoms with Gasteiger partial charge in [0.25, 0.3) is 11.8 Å². The smallest absolute Gasteiger partial charge is 0.324 e. The zero-order valence-corrected chi connectivity index (χ0v) is 19.8. The predicted molar refractivity (Wildman–Crippen MR) is 122 cm³/mol. The first-order valence-electron chi connectivity index (χ1n) is 10.7. The number of hydrogen-bond donors (Lipinski definition) is 2. The lowest BCUT2D eigenvalue weighted by molar-refractivity contribution is -0.153. The topological polar surface area (TPSA) is 131 Å². The van der Waals surface area contributed by atoms with Crippen molar-refractivity contribution in [1.29, 1.82) is 0 Å². The standard InChI is InChI=1S/C23H27N3O7S/c1-16-6-12-19(13-7-16)34(30,31)26-14-4-3-5-20(26)23(29)33-15-21(27)24-25-22(28)17-8-10-18(32-2)11-9-17/h6-13,20H,3-5,14-15H2,1-2H3,(H,24,27)(H,25,28). The fourth-order valence-electron chi connectivity index (χ4n) is 3.48. The van der Waals surface area contributed by atoms with E-state index >= 15 is 0 Å². The number of rotatable bonds is 7. The summed E-state index contributed by atoms with van der Waals surface area (Å²) in [5.74, 6) is -1.57. The van der Waals surface area contributed by atoms with E-state index in [1.165, 1.54) is 31.4 Å². The monoisotopic (exact) mass is 489 g/mol. The van der Waals surface area contributed by atoms with E-state index in [1.807, 2.05) is 6.92 Å². The zero-order valence-electron chi connectivity index (χ0n) is 18.9. The molecule has 0 aromatic heterocycles. The first kappa shape index (κ1) is 25.2. The maximum Gasteiger partial charge on any atom is 0.324 e. The summed E-state index contributed by atoms with van der Waals surface area (Å²) in [5, 5.41) is 0. The molecule has 0 saturated carbocycles. The highest BCUT2D eigenvalue weighted by molar-refractivity contribution is 7.89. The van der Waals surface area contributed by atoms with E-state index in [-0.39, 0.29) is 17.0 Å². The first-order chi connectivity index (χ1) is 16.2. The van der Waals surface area contributed by atoms with Crippen LogP contribution in [0, 0.1) is 6.92 Å². The number of hydrazine groups is 1. The third-order valence-corrected chi connectivity index (χ3v) is 7.29. The summed E-state index contributed by atoms with van der Waals surface area (Å²) < 4.78 is 37.4. The third-order valence-electron chi connectivity index (χ3n) is 5.37. The minimum absolute atomic E-state index is 0.0942. The van der Waals surface area contributed by atoms with Gasteiger partial charge in [0.15, 0.2) is 6.61 Å². The van der Waals surface area contributed by atoms with Gasteiger partial charge in [0.05, 0.1) is 12.0 Å². The molecule has 0 radical (unpaired) electrons. The molecule has 1 saturated heterocycles. The maximum absolute atomic E-state index is 13.1. The van der Waals surface area contributed by atoms with E-state index in [4.69, 9.17) is 9.47 Å². The Morgan fingerprint density at radius 3 is 2.32 bits per heavy atom. The van der Waals surface area contributed by atoms with Gasteiger partial charge in [-0.3, -0.25) is 25.2 Å². The Hall–Kier alpha value is -3.44. The van der Waals surface area contributed by atoms with Gasteiger partial charge in [-0.05, 0) is 62.6 Å². The number of carbonyl (C=O) groups excluding carboxylic acids is 3. The Kier molecular flexibility index (Phi) is 8.24. The second-order valence-corrected chi connectivity index (χ2v) is 9.67. The Labute approximate surface area is 198 Å². The van der Waals surface area contributed by atoms with Gasteiger partial charge >= 0.3 is 5.97 Å². The molecule has 1 aliphatic heterocycles. The van der Waals surface area contributed by atoms with Crippen LogP contribution in [-0.4, -0.2) is 56.8 Å². The van der Waals surface area contributed by atoms with Crippen LogP contribution in [0.5, 0.6) is 5.75 Å². The quantitative estimate of drug-likeness (QED) is 0.446. The van der Waals surface area contributed by atoms with Crippen LogP contribution in [0.4, 0.5) is 0 Å². The highest BCUT2D eigenvalue weighted by Crippen LogP contribution is 2.26. The lowest BCUT2D eigenvalue weighted by atomic mass is 10.1. The Morgan fingerprint density at radius 1 is 1.00 bits per heavy atom. The number of sulfonamides is 1. The second-order valence-electron chi connectivity index (χ2n) is 7.78. The Morgan fingerprint density at radius 2 is 1.68 bits per heavy atom. The number of amides is 2. The predicted octanol–water partition coefficient (Wildman–Crippen LogP) is 1.55. The number of piperidine rings is 1. The van der Waals surface area contributed by atoms with Crippen LogP contribution < -0.4 is 15.6 Å². The molecular formula is C23H27N3O7S. The molecule has 2 aromatic carbocycles. The average molecular weight is 490 g/mol. The van der Waals surface area contributed by atoms with Gasteiger partial charge in [0.2, 0.25) is 10.0 Å². The van der Waals surface area contributed by atoms with E-state index in [9.17, 15) is 22.8 Å². The summed E-state index contributed by atoms with van der Waals surface area (Å²) in [5.41, 5.74) is 5.59. The lowest BCUT2D eigenvalue weighted by Gasteiger charge is -2.33. The molecule has 1 fully saturated rings. The SMILES string of the molecule is COc1ccc(C(=O)NNC(=O)COC(=O)C2CCCCN2S(=O)(=O)c2ccc(C)cc2)cc1. The summed E-state index contributed by atoms with van der Waals surface area (Å²) in [7, 11) is -2.40. The summed E-state index contributed by atoms with van der Waals surface area (Å²) >= 11 is 0. The number of nitrogens with zero attached hydrogens (tertiary/aromatic N) is 1. The molecule has 0 spiro atoms. The molecule has 3 rings (SSSR count). The molecule has 2 amide bonds. The van der Waals surface area contributed by atoms with Gasteiger partial charge < -0.3 is 9.47 Å². The minimum Gasteiger partial charge on any atom is -0.497 e. The van der Waals surface area contributed by atoms with Gasteiger partial charge in [-0.1, -0.05) is 17.7 Å². The van der Waals surface area contributed by atoms with Crippen molar-refractivity contribution in [2.24, 2.45) is 0 Å². The van der Waals surface area contributed by atoms with Crippen molar-refractivity contribution >= 4 is 27.8 Å².